The Morgan fingerprint density at radius 2 is 2.11 bits per heavy atom. The van der Waals surface area contributed by atoms with Crippen molar-refractivity contribution >= 4 is 11.7 Å². The molecule has 2 amide bonds. The summed E-state index contributed by atoms with van der Waals surface area (Å²) < 4.78 is 0. The molecular weight excluding hydrogens is 238 g/mol. The van der Waals surface area contributed by atoms with Crippen LogP contribution in [0.4, 0.5) is 10.5 Å². The van der Waals surface area contributed by atoms with E-state index >= 15 is 0 Å². The van der Waals surface area contributed by atoms with Crippen molar-refractivity contribution in [2.75, 3.05) is 31.5 Å². The van der Waals surface area contributed by atoms with Crippen molar-refractivity contribution in [2.24, 2.45) is 5.41 Å². The molecule has 0 radical (unpaired) electrons. The molecule has 2 aliphatic heterocycles. The zero-order valence-electron chi connectivity index (χ0n) is 11.2. The number of benzene rings is 1. The van der Waals surface area contributed by atoms with E-state index in [9.17, 15) is 4.79 Å². The van der Waals surface area contributed by atoms with Gasteiger partial charge in [0, 0.05) is 30.7 Å². The SMILES string of the molecule is O=C(Nc1ccccc1)N1CC[C@@]2(CCCNC2)C1. The van der Waals surface area contributed by atoms with Crippen LogP contribution in [0, 0.1) is 5.41 Å². The first kappa shape index (κ1) is 12.5. The summed E-state index contributed by atoms with van der Waals surface area (Å²) in [6.07, 6.45) is 3.60. The predicted octanol–water partition coefficient (Wildman–Crippen LogP) is 2.29. The van der Waals surface area contributed by atoms with Crippen molar-refractivity contribution < 1.29 is 4.79 Å². The van der Waals surface area contributed by atoms with Crippen LogP contribution in [0.2, 0.25) is 0 Å². The molecule has 1 aromatic carbocycles. The van der Waals surface area contributed by atoms with Crippen LogP contribution in [0.15, 0.2) is 30.3 Å². The minimum atomic E-state index is 0.0358. The van der Waals surface area contributed by atoms with Crippen molar-refractivity contribution in [1.82, 2.24) is 10.2 Å². The number of hydrogen-bond donors (Lipinski definition) is 2. The molecule has 4 heteroatoms. The lowest BCUT2D eigenvalue weighted by Gasteiger charge is -2.33. The molecule has 2 heterocycles. The Hall–Kier alpha value is -1.55. The van der Waals surface area contributed by atoms with Crippen LogP contribution in [0.3, 0.4) is 0 Å². The lowest BCUT2D eigenvalue weighted by Crippen LogP contribution is -2.43. The summed E-state index contributed by atoms with van der Waals surface area (Å²) in [4.78, 5) is 14.2. The van der Waals surface area contributed by atoms with Crippen molar-refractivity contribution in [2.45, 2.75) is 19.3 Å². The minimum absolute atomic E-state index is 0.0358. The highest BCUT2D eigenvalue weighted by atomic mass is 16.2. The van der Waals surface area contributed by atoms with Gasteiger partial charge in [0.2, 0.25) is 0 Å². The lowest BCUT2D eigenvalue weighted by molar-refractivity contribution is 0.195. The Labute approximate surface area is 114 Å². The number of likely N-dealkylation sites (tertiary alicyclic amines) is 1. The van der Waals surface area contributed by atoms with Gasteiger partial charge in [-0.25, -0.2) is 4.79 Å². The second-order valence-electron chi connectivity index (χ2n) is 5.75. The molecule has 1 aromatic rings. The van der Waals surface area contributed by atoms with Crippen LogP contribution < -0.4 is 10.6 Å². The number of piperidine rings is 1. The fraction of sp³-hybridized carbons (Fsp3) is 0.533. The summed E-state index contributed by atoms with van der Waals surface area (Å²) >= 11 is 0. The second-order valence-corrected chi connectivity index (χ2v) is 5.75. The van der Waals surface area contributed by atoms with Crippen molar-refractivity contribution in [3.8, 4) is 0 Å². The van der Waals surface area contributed by atoms with E-state index in [0.717, 1.165) is 38.3 Å². The monoisotopic (exact) mass is 259 g/mol. The first-order chi connectivity index (χ1) is 9.27. The van der Waals surface area contributed by atoms with Crippen LogP contribution in [-0.4, -0.2) is 37.1 Å². The molecule has 1 spiro atoms. The number of nitrogens with one attached hydrogen (secondary N) is 2. The molecule has 2 saturated heterocycles. The van der Waals surface area contributed by atoms with Gasteiger partial charge in [-0.1, -0.05) is 18.2 Å². The number of amides is 2. The van der Waals surface area contributed by atoms with E-state index in [0.29, 0.717) is 5.41 Å². The number of hydrogen-bond acceptors (Lipinski definition) is 2. The Morgan fingerprint density at radius 3 is 2.84 bits per heavy atom. The second kappa shape index (κ2) is 5.21. The number of rotatable bonds is 1. The van der Waals surface area contributed by atoms with Gasteiger partial charge in [-0.15, -0.1) is 0 Å². The van der Waals surface area contributed by atoms with Gasteiger partial charge >= 0.3 is 6.03 Å². The maximum absolute atomic E-state index is 12.2. The van der Waals surface area contributed by atoms with Gasteiger partial charge in [-0.05, 0) is 37.9 Å². The Bertz CT molecular complexity index is 440. The topological polar surface area (TPSA) is 44.4 Å². The van der Waals surface area contributed by atoms with E-state index in [1.165, 1.54) is 12.8 Å². The quantitative estimate of drug-likeness (QED) is 0.812. The molecular formula is C15H21N3O. The van der Waals surface area contributed by atoms with Gasteiger partial charge in [0.25, 0.3) is 0 Å². The minimum Gasteiger partial charge on any atom is -0.324 e. The first-order valence-electron chi connectivity index (χ1n) is 7.09. The van der Waals surface area contributed by atoms with E-state index in [-0.39, 0.29) is 6.03 Å². The largest absolute Gasteiger partial charge is 0.324 e. The molecule has 0 unspecified atom stereocenters. The average molecular weight is 259 g/mol. The third-order valence-corrected chi connectivity index (χ3v) is 4.31. The van der Waals surface area contributed by atoms with Crippen LogP contribution in [-0.2, 0) is 0 Å². The number of carbonyl (C=O) groups is 1. The summed E-state index contributed by atoms with van der Waals surface area (Å²) in [5.74, 6) is 0. The normalized spacial score (nSPS) is 26.6. The van der Waals surface area contributed by atoms with E-state index in [4.69, 9.17) is 0 Å². The fourth-order valence-corrected chi connectivity index (χ4v) is 3.21. The van der Waals surface area contributed by atoms with Gasteiger partial charge in [0.15, 0.2) is 0 Å². The summed E-state index contributed by atoms with van der Waals surface area (Å²) in [5.41, 5.74) is 1.20. The Kier molecular flexibility index (Phi) is 3.42. The molecule has 102 valence electrons. The Balaban J connectivity index is 1.60. The molecule has 0 aliphatic carbocycles. The van der Waals surface area contributed by atoms with Gasteiger partial charge in [-0.3, -0.25) is 0 Å². The van der Waals surface area contributed by atoms with Crippen LogP contribution >= 0.6 is 0 Å². The van der Waals surface area contributed by atoms with E-state index in [1.807, 2.05) is 35.2 Å². The Morgan fingerprint density at radius 1 is 1.26 bits per heavy atom. The zero-order valence-corrected chi connectivity index (χ0v) is 11.2. The lowest BCUT2D eigenvalue weighted by atomic mass is 9.80. The molecule has 3 rings (SSSR count). The highest BCUT2D eigenvalue weighted by molar-refractivity contribution is 5.89. The number of carbonyl (C=O) groups excluding carboxylic acids is 1. The fourth-order valence-electron chi connectivity index (χ4n) is 3.21. The molecule has 19 heavy (non-hydrogen) atoms. The average Bonchev–Trinajstić information content (AvgIpc) is 2.85. The van der Waals surface area contributed by atoms with E-state index < -0.39 is 0 Å². The summed E-state index contributed by atoms with van der Waals surface area (Å²) in [6.45, 7) is 3.94. The third-order valence-electron chi connectivity index (χ3n) is 4.31. The highest BCUT2D eigenvalue weighted by Crippen LogP contribution is 2.36. The van der Waals surface area contributed by atoms with Gasteiger partial charge < -0.3 is 15.5 Å². The number of nitrogens with zero attached hydrogens (tertiary/aromatic N) is 1. The summed E-state index contributed by atoms with van der Waals surface area (Å²) in [6, 6.07) is 9.71. The first-order valence-corrected chi connectivity index (χ1v) is 7.09. The van der Waals surface area contributed by atoms with Crippen LogP contribution in [0.5, 0.6) is 0 Å². The van der Waals surface area contributed by atoms with Crippen molar-refractivity contribution in [1.29, 1.82) is 0 Å². The zero-order chi connectivity index (χ0) is 13.1. The summed E-state index contributed by atoms with van der Waals surface area (Å²) in [5, 5.41) is 6.44. The number of urea groups is 1. The smallest absolute Gasteiger partial charge is 0.321 e. The molecule has 2 N–H and O–H groups in total. The van der Waals surface area contributed by atoms with Gasteiger partial charge in [0.05, 0.1) is 0 Å². The van der Waals surface area contributed by atoms with Crippen molar-refractivity contribution in [3.63, 3.8) is 0 Å². The molecule has 0 aromatic heterocycles. The maximum Gasteiger partial charge on any atom is 0.321 e. The highest BCUT2D eigenvalue weighted by Gasteiger charge is 2.40. The van der Waals surface area contributed by atoms with Crippen LogP contribution in [0.25, 0.3) is 0 Å². The van der Waals surface area contributed by atoms with Crippen LogP contribution in [0.1, 0.15) is 19.3 Å². The van der Waals surface area contributed by atoms with E-state index in [2.05, 4.69) is 10.6 Å². The number of para-hydroxylation sites is 1. The molecule has 1 atom stereocenters. The van der Waals surface area contributed by atoms with Crippen molar-refractivity contribution in [3.05, 3.63) is 30.3 Å². The van der Waals surface area contributed by atoms with Gasteiger partial charge in [0.1, 0.15) is 0 Å². The molecule has 0 bridgehead atoms. The molecule has 2 fully saturated rings. The predicted molar refractivity (Wildman–Crippen MR) is 76.2 cm³/mol. The molecule has 0 saturated carbocycles. The van der Waals surface area contributed by atoms with E-state index in [1.54, 1.807) is 0 Å². The number of anilines is 1. The third kappa shape index (κ3) is 2.73. The standard InChI is InChI=1S/C15H21N3O/c19-14(17-13-5-2-1-3-6-13)18-10-8-15(12-18)7-4-9-16-11-15/h1-3,5-6,16H,4,7-12H2,(H,17,19)/t15-/m1/s1. The molecule has 4 nitrogen and oxygen atoms in total. The van der Waals surface area contributed by atoms with Gasteiger partial charge in [-0.2, -0.15) is 0 Å². The molecule has 2 aliphatic rings. The maximum atomic E-state index is 12.2. The summed E-state index contributed by atoms with van der Waals surface area (Å²) in [7, 11) is 0.